The van der Waals surface area contributed by atoms with Crippen molar-refractivity contribution in [1.82, 2.24) is 15.0 Å². The van der Waals surface area contributed by atoms with Crippen molar-refractivity contribution in [2.75, 3.05) is 12.8 Å². The maximum Gasteiger partial charge on any atom is 0.220 e. The van der Waals surface area contributed by atoms with Gasteiger partial charge in [0.1, 0.15) is 16.5 Å². The van der Waals surface area contributed by atoms with Crippen LogP contribution >= 0.6 is 11.3 Å². The maximum atomic E-state index is 10.6. The van der Waals surface area contributed by atoms with Gasteiger partial charge in [-0.15, -0.1) is 11.3 Å². The van der Waals surface area contributed by atoms with E-state index in [1.165, 1.54) is 0 Å². The summed E-state index contributed by atoms with van der Waals surface area (Å²) in [6.07, 6.45) is 2.40. The van der Waals surface area contributed by atoms with Gasteiger partial charge in [-0.3, -0.25) is 0 Å². The summed E-state index contributed by atoms with van der Waals surface area (Å²) in [7, 11) is 1.59. The Bertz CT molecular complexity index is 1160. The number of methoxy groups -OCH3 is 1. The first-order valence-corrected chi connectivity index (χ1v) is 10.0. The molecule has 0 aliphatic heterocycles. The second kappa shape index (κ2) is 7.89. The van der Waals surface area contributed by atoms with E-state index in [1.54, 1.807) is 30.7 Å². The fourth-order valence-electron chi connectivity index (χ4n) is 3.17. The molecule has 0 atom stereocenters. The Morgan fingerprint density at radius 1 is 1.10 bits per heavy atom. The van der Waals surface area contributed by atoms with E-state index >= 15 is 0 Å². The largest absolute Gasteiger partial charge is 0.507 e. The molecule has 0 amide bonds. The molecule has 0 saturated heterocycles. The zero-order chi connectivity index (χ0) is 20.4. The average Bonchev–Trinajstić information content (AvgIpc) is 3.24. The molecule has 146 valence electrons. The number of phenolic OH excluding ortho intramolecular Hbond substituents is 1. The number of ether oxygens (including phenoxy) is 1. The Morgan fingerprint density at radius 2 is 1.90 bits per heavy atom. The molecule has 0 fully saturated rings. The van der Waals surface area contributed by atoms with Crippen LogP contribution in [0.1, 0.15) is 12.5 Å². The molecule has 6 nitrogen and oxygen atoms in total. The predicted molar refractivity (Wildman–Crippen MR) is 116 cm³/mol. The van der Waals surface area contributed by atoms with Crippen LogP contribution in [0.3, 0.4) is 0 Å². The van der Waals surface area contributed by atoms with E-state index in [0.29, 0.717) is 22.6 Å². The smallest absolute Gasteiger partial charge is 0.220 e. The molecule has 2 heterocycles. The molecule has 0 unspecified atom stereocenters. The number of rotatable bonds is 5. The van der Waals surface area contributed by atoms with Gasteiger partial charge in [-0.25, -0.2) is 15.0 Å². The summed E-state index contributed by atoms with van der Waals surface area (Å²) in [5.74, 6) is 0.838. The SMILES string of the molecule is CCc1cc(-c2nc(N)ncc2-c2csc(-c3ccccc3)n2)c(O)cc1OC. The van der Waals surface area contributed by atoms with Crippen molar-refractivity contribution in [3.05, 3.63) is 59.6 Å². The molecule has 0 spiro atoms. The Labute approximate surface area is 172 Å². The Morgan fingerprint density at radius 3 is 2.62 bits per heavy atom. The lowest BCUT2D eigenvalue weighted by atomic mass is 10.00. The number of benzene rings is 2. The monoisotopic (exact) mass is 404 g/mol. The third-order valence-electron chi connectivity index (χ3n) is 4.64. The van der Waals surface area contributed by atoms with Crippen LogP contribution in [0.5, 0.6) is 11.5 Å². The van der Waals surface area contributed by atoms with Crippen molar-refractivity contribution >= 4 is 17.3 Å². The first-order chi connectivity index (χ1) is 14.1. The van der Waals surface area contributed by atoms with Gasteiger partial charge in [0.05, 0.1) is 18.5 Å². The van der Waals surface area contributed by atoms with E-state index in [-0.39, 0.29) is 11.7 Å². The lowest BCUT2D eigenvalue weighted by Gasteiger charge is -2.13. The van der Waals surface area contributed by atoms with E-state index in [9.17, 15) is 5.11 Å². The Kier molecular flexibility index (Phi) is 5.14. The second-order valence-electron chi connectivity index (χ2n) is 6.43. The van der Waals surface area contributed by atoms with Crippen LogP contribution in [0.25, 0.3) is 33.1 Å². The normalized spacial score (nSPS) is 10.8. The highest BCUT2D eigenvalue weighted by molar-refractivity contribution is 7.13. The van der Waals surface area contributed by atoms with Crippen LogP contribution in [0.15, 0.2) is 54.0 Å². The minimum atomic E-state index is 0.0666. The minimum Gasteiger partial charge on any atom is -0.507 e. The van der Waals surface area contributed by atoms with Gasteiger partial charge in [0.15, 0.2) is 0 Å². The van der Waals surface area contributed by atoms with Crippen molar-refractivity contribution < 1.29 is 9.84 Å². The van der Waals surface area contributed by atoms with Gasteiger partial charge in [-0.1, -0.05) is 37.3 Å². The van der Waals surface area contributed by atoms with Crippen molar-refractivity contribution in [1.29, 1.82) is 0 Å². The van der Waals surface area contributed by atoms with Crippen LogP contribution in [0, 0.1) is 0 Å². The molecular formula is C22H20N4O2S. The predicted octanol–water partition coefficient (Wildman–Crippen LogP) is 4.79. The number of hydrogen-bond donors (Lipinski definition) is 2. The van der Waals surface area contributed by atoms with Gasteiger partial charge in [0.25, 0.3) is 0 Å². The molecule has 2 aromatic heterocycles. The highest BCUT2D eigenvalue weighted by atomic mass is 32.1. The molecule has 29 heavy (non-hydrogen) atoms. The summed E-state index contributed by atoms with van der Waals surface area (Å²) in [6.45, 7) is 2.03. The summed E-state index contributed by atoms with van der Waals surface area (Å²) in [6, 6.07) is 13.5. The molecule has 0 aliphatic rings. The van der Waals surface area contributed by atoms with Crippen molar-refractivity contribution in [2.24, 2.45) is 0 Å². The highest BCUT2D eigenvalue weighted by Gasteiger charge is 2.19. The summed E-state index contributed by atoms with van der Waals surface area (Å²) in [4.78, 5) is 13.3. The molecule has 4 aromatic rings. The van der Waals surface area contributed by atoms with E-state index < -0.39 is 0 Å². The van der Waals surface area contributed by atoms with Gasteiger partial charge in [-0.05, 0) is 18.1 Å². The molecular weight excluding hydrogens is 384 g/mol. The second-order valence-corrected chi connectivity index (χ2v) is 7.29. The average molecular weight is 404 g/mol. The fraction of sp³-hybridized carbons (Fsp3) is 0.136. The van der Waals surface area contributed by atoms with Crippen LogP contribution in [0.2, 0.25) is 0 Å². The number of nitrogen functional groups attached to an aromatic ring is 1. The van der Waals surface area contributed by atoms with Gasteiger partial charge in [0, 0.05) is 34.3 Å². The third kappa shape index (κ3) is 3.64. The van der Waals surface area contributed by atoms with Gasteiger partial charge in [-0.2, -0.15) is 0 Å². The minimum absolute atomic E-state index is 0.0666. The lowest BCUT2D eigenvalue weighted by molar-refractivity contribution is 0.403. The van der Waals surface area contributed by atoms with Gasteiger partial charge < -0.3 is 15.6 Å². The number of aromatic hydroxyl groups is 1. The molecule has 0 bridgehead atoms. The Hall–Kier alpha value is -3.45. The molecule has 0 radical (unpaired) electrons. The third-order valence-corrected chi connectivity index (χ3v) is 5.53. The number of nitrogens with two attached hydrogens (primary N) is 1. The van der Waals surface area contributed by atoms with E-state index in [2.05, 4.69) is 9.97 Å². The first kappa shape index (κ1) is 18.9. The van der Waals surface area contributed by atoms with Crippen LogP contribution in [-0.2, 0) is 6.42 Å². The standard InChI is InChI=1S/C22H20N4O2S/c1-3-13-9-15(18(27)10-19(13)28-2)20-16(11-24-22(23)26-20)17-12-29-21(25-17)14-7-5-4-6-8-14/h4-12,27H,3H2,1-2H3,(H2,23,24,26). The topological polar surface area (TPSA) is 94.2 Å². The summed E-state index contributed by atoms with van der Waals surface area (Å²) < 4.78 is 5.37. The number of aromatic nitrogens is 3. The molecule has 0 aliphatic carbocycles. The number of thiazole rings is 1. The zero-order valence-corrected chi connectivity index (χ0v) is 16.9. The molecule has 4 rings (SSSR count). The highest BCUT2D eigenvalue weighted by Crippen LogP contribution is 2.40. The number of aryl methyl sites for hydroxylation is 1. The summed E-state index contributed by atoms with van der Waals surface area (Å²) in [5.41, 5.74) is 10.4. The van der Waals surface area contributed by atoms with E-state index in [0.717, 1.165) is 28.2 Å². The number of nitrogens with zero attached hydrogens (tertiary/aromatic N) is 3. The van der Waals surface area contributed by atoms with Gasteiger partial charge >= 0.3 is 0 Å². The van der Waals surface area contributed by atoms with Crippen LogP contribution < -0.4 is 10.5 Å². The lowest BCUT2D eigenvalue weighted by Crippen LogP contribution is -2.00. The van der Waals surface area contributed by atoms with Gasteiger partial charge in [0.2, 0.25) is 5.95 Å². The van der Waals surface area contributed by atoms with Crippen molar-refractivity contribution in [2.45, 2.75) is 13.3 Å². The summed E-state index contributed by atoms with van der Waals surface area (Å²) >= 11 is 1.54. The van der Waals surface area contributed by atoms with E-state index in [1.807, 2.05) is 48.7 Å². The van der Waals surface area contributed by atoms with E-state index in [4.69, 9.17) is 15.5 Å². The van der Waals surface area contributed by atoms with Crippen LogP contribution in [-0.4, -0.2) is 27.2 Å². The number of anilines is 1. The Balaban J connectivity index is 1.86. The molecule has 7 heteroatoms. The van der Waals surface area contributed by atoms with Crippen LogP contribution in [0.4, 0.5) is 5.95 Å². The quantitative estimate of drug-likeness (QED) is 0.496. The fourth-order valence-corrected chi connectivity index (χ4v) is 4.00. The number of hydrogen-bond acceptors (Lipinski definition) is 7. The summed E-state index contributed by atoms with van der Waals surface area (Å²) in [5, 5.41) is 13.5. The molecule has 3 N–H and O–H groups in total. The molecule has 0 saturated carbocycles. The van der Waals surface area contributed by atoms with Crippen molar-refractivity contribution in [3.63, 3.8) is 0 Å². The maximum absolute atomic E-state index is 10.6. The first-order valence-electron chi connectivity index (χ1n) is 9.14. The zero-order valence-electron chi connectivity index (χ0n) is 16.1. The van der Waals surface area contributed by atoms with Crippen molar-refractivity contribution in [3.8, 4) is 44.6 Å². The molecule has 2 aromatic carbocycles. The number of phenols is 1.